The molecule has 0 amide bonds. The molecule has 4 aliphatic carbocycles. The van der Waals surface area contributed by atoms with E-state index in [0.717, 1.165) is 15.5 Å². The van der Waals surface area contributed by atoms with Gasteiger partial charge in [-0.1, -0.05) is 0 Å². The molecule has 6 rings (SSSR count). The van der Waals surface area contributed by atoms with Gasteiger partial charge >= 0.3 is 218 Å². The quantitative estimate of drug-likeness (QED) is 0.378. The third kappa shape index (κ3) is 5.51. The van der Waals surface area contributed by atoms with Gasteiger partial charge in [-0.25, -0.2) is 0 Å². The zero-order valence-corrected chi connectivity index (χ0v) is 25.7. The fraction of sp³-hybridized carbons (Fsp3) is 0.500. The Hall–Kier alpha value is -0.356. The van der Waals surface area contributed by atoms with E-state index in [1.165, 1.54) is 80.9 Å². The third-order valence-electron chi connectivity index (χ3n) is 8.98. The van der Waals surface area contributed by atoms with Gasteiger partial charge in [0.2, 0.25) is 0 Å². The topological polar surface area (TPSA) is 0 Å². The van der Waals surface area contributed by atoms with Crippen LogP contribution in [0.1, 0.15) is 106 Å². The van der Waals surface area contributed by atoms with Crippen LogP contribution in [0.2, 0.25) is 0 Å². The van der Waals surface area contributed by atoms with Gasteiger partial charge in [-0.3, -0.25) is 0 Å². The van der Waals surface area contributed by atoms with Crippen molar-refractivity contribution in [1.29, 1.82) is 0 Å². The maximum absolute atomic E-state index is 2.74. The van der Waals surface area contributed by atoms with Gasteiger partial charge in [0.25, 0.3) is 0 Å². The summed E-state index contributed by atoms with van der Waals surface area (Å²) in [6.45, 7) is 4.65. The fourth-order valence-electron chi connectivity index (χ4n) is 7.24. The van der Waals surface area contributed by atoms with E-state index in [-0.39, 0.29) is 51.9 Å². The first-order valence-corrected chi connectivity index (χ1v) is 17.1. The summed E-state index contributed by atoms with van der Waals surface area (Å²) in [5.41, 5.74) is 11.4. The molecule has 0 nitrogen and oxygen atoms in total. The Morgan fingerprint density at radius 3 is 2.03 bits per heavy atom. The van der Waals surface area contributed by atoms with Crippen LogP contribution in [0.4, 0.5) is 0 Å². The molecular formula is C32H39Cl2PTi. The molecule has 0 radical (unpaired) electrons. The Bertz CT molecular complexity index is 1090. The van der Waals surface area contributed by atoms with E-state index in [1.807, 2.05) is 5.31 Å². The molecule has 0 aromatic heterocycles. The molecule has 2 unspecified atom stereocenters. The van der Waals surface area contributed by atoms with E-state index >= 15 is 0 Å². The largest absolute Gasteiger partial charge is 1.00 e. The molecule has 36 heavy (non-hydrogen) atoms. The minimum absolute atomic E-state index is 0. The summed E-state index contributed by atoms with van der Waals surface area (Å²) in [5.74, 6) is 0. The number of aryl methyl sites for hydroxylation is 2. The van der Waals surface area contributed by atoms with Gasteiger partial charge in [0.1, 0.15) is 0 Å². The van der Waals surface area contributed by atoms with Crippen LogP contribution in [0.25, 0.3) is 12.2 Å². The van der Waals surface area contributed by atoms with Gasteiger partial charge in [0, 0.05) is 0 Å². The van der Waals surface area contributed by atoms with Crippen molar-refractivity contribution in [3.63, 3.8) is 0 Å². The Labute approximate surface area is 241 Å². The predicted molar refractivity (Wildman–Crippen MR) is 146 cm³/mol. The van der Waals surface area contributed by atoms with E-state index in [0.29, 0.717) is 4.22 Å². The molecule has 4 aliphatic rings. The average molecular weight is 573 g/mol. The molecule has 0 saturated heterocycles. The molecule has 2 atom stereocenters. The van der Waals surface area contributed by atoms with E-state index < -0.39 is 0 Å². The van der Waals surface area contributed by atoms with Gasteiger partial charge in [0.15, 0.2) is 0 Å². The second kappa shape index (κ2) is 12.7. The maximum Gasteiger partial charge on any atom is -1.00 e. The molecular weight excluding hydrogens is 534 g/mol. The first-order valence-electron chi connectivity index (χ1n) is 13.8. The number of hydrogen-bond acceptors (Lipinski definition) is 0. The van der Waals surface area contributed by atoms with E-state index in [9.17, 15) is 0 Å². The molecule has 2 aromatic carbocycles. The molecule has 190 valence electrons. The van der Waals surface area contributed by atoms with E-state index in [2.05, 4.69) is 68.5 Å². The Morgan fingerprint density at radius 2 is 1.36 bits per heavy atom. The van der Waals surface area contributed by atoms with Crippen LogP contribution in [-0.2, 0) is 19.2 Å². The van der Waals surface area contributed by atoms with Crippen molar-refractivity contribution in [2.45, 2.75) is 97.8 Å². The first kappa shape index (κ1) is 28.6. The third-order valence-corrected chi connectivity index (χ3v) is 15.7. The van der Waals surface area contributed by atoms with Crippen LogP contribution in [0.15, 0.2) is 47.8 Å². The molecule has 0 N–H and O–H groups in total. The fourth-order valence-corrected chi connectivity index (χ4v) is 15.1. The number of fused-ring (bicyclic) bond motifs is 2. The Balaban J connectivity index is 0.00000152. The van der Waals surface area contributed by atoms with Gasteiger partial charge in [-0.05, 0) is 0 Å². The Kier molecular flexibility index (Phi) is 10.1. The second-order valence-electron chi connectivity index (χ2n) is 11.2. The van der Waals surface area contributed by atoms with Crippen LogP contribution in [0.3, 0.4) is 0 Å². The van der Waals surface area contributed by atoms with Gasteiger partial charge < -0.3 is 24.8 Å². The van der Waals surface area contributed by atoms with E-state index in [4.69, 9.17) is 0 Å². The maximum atomic E-state index is 2.74. The van der Waals surface area contributed by atoms with Gasteiger partial charge in [-0.15, -0.1) is 0 Å². The minimum atomic E-state index is -0.226. The number of rotatable bonds is 5. The molecule has 2 saturated carbocycles. The number of allylic oxidation sites excluding steroid dienone is 2. The molecule has 2 fully saturated rings. The SMILES string of the molecule is Cc1ccc(C)c2c1C=C[CH]2[Ti+2][CH]1C(P(C2CCCCC2)C2CCCCC2)=Cc2ccccc21.[Cl-].[Cl-]. The molecule has 4 heteroatoms. The average Bonchev–Trinajstić information content (AvgIpc) is 3.46. The monoisotopic (exact) mass is 572 g/mol. The molecule has 0 spiro atoms. The first-order chi connectivity index (χ1) is 16.7. The summed E-state index contributed by atoms with van der Waals surface area (Å²) >= 11 is -0.226. The predicted octanol–water partition coefficient (Wildman–Crippen LogP) is 3.70. The standard InChI is InChI=1S/C21H28P.C11H11.2ClH.Ti/c1-3-11-19(12-4-1)22(20-13-5-2-6-14-20)21-15-17-9-7-8-10-18(17)16-21;1-8-6-7-9(2)11-5-3-4-10(8)11;;;/h7-10,15-16,19-20H,1-6,11-14H2;3-7H,1-2H3;2*1H;/q;;;;+2/p-2. The van der Waals surface area contributed by atoms with Gasteiger partial charge in [0.05, 0.1) is 0 Å². The van der Waals surface area contributed by atoms with Crippen molar-refractivity contribution in [2.24, 2.45) is 0 Å². The number of benzene rings is 2. The van der Waals surface area contributed by atoms with Crippen molar-refractivity contribution in [3.05, 3.63) is 81.2 Å². The summed E-state index contributed by atoms with van der Waals surface area (Å²) in [5, 5.41) is 1.95. The van der Waals surface area contributed by atoms with Crippen LogP contribution < -0.4 is 24.8 Å². The smallest absolute Gasteiger partial charge is 1.00 e. The normalized spacial score (nSPS) is 23.4. The van der Waals surface area contributed by atoms with Crippen molar-refractivity contribution in [1.82, 2.24) is 0 Å². The zero-order valence-electron chi connectivity index (χ0n) is 21.8. The van der Waals surface area contributed by atoms with Crippen LogP contribution >= 0.6 is 7.92 Å². The molecule has 0 aliphatic heterocycles. The van der Waals surface area contributed by atoms with Crippen molar-refractivity contribution in [2.75, 3.05) is 0 Å². The summed E-state index contributed by atoms with van der Waals surface area (Å²) < 4.78 is 1.43. The summed E-state index contributed by atoms with van der Waals surface area (Å²) in [4.78, 5) is 0. The molecule has 0 bridgehead atoms. The van der Waals surface area contributed by atoms with Crippen molar-refractivity contribution >= 4 is 20.1 Å². The second-order valence-corrected chi connectivity index (χ2v) is 16.3. The van der Waals surface area contributed by atoms with Crippen LogP contribution in [-0.4, -0.2) is 11.3 Å². The summed E-state index contributed by atoms with van der Waals surface area (Å²) in [7, 11) is -0.0169. The minimum Gasteiger partial charge on any atom is -1.00 e. The molecule has 2 aromatic rings. The van der Waals surface area contributed by atoms with Crippen molar-refractivity contribution < 1.29 is 44.0 Å². The van der Waals surface area contributed by atoms with Crippen LogP contribution in [0, 0.1) is 13.8 Å². The summed E-state index contributed by atoms with van der Waals surface area (Å²) in [6, 6.07) is 14.2. The molecule has 0 heterocycles. The summed E-state index contributed by atoms with van der Waals surface area (Å²) in [6.07, 6.45) is 22.7. The van der Waals surface area contributed by atoms with Gasteiger partial charge in [-0.2, -0.15) is 0 Å². The number of hydrogen-bond donors (Lipinski definition) is 0. The Morgan fingerprint density at radius 1 is 0.750 bits per heavy atom. The van der Waals surface area contributed by atoms with Crippen molar-refractivity contribution in [3.8, 4) is 0 Å². The number of halogens is 2. The van der Waals surface area contributed by atoms with E-state index in [1.54, 1.807) is 16.7 Å². The zero-order chi connectivity index (χ0) is 23.1. The van der Waals surface area contributed by atoms with Crippen LogP contribution in [0.5, 0.6) is 0 Å².